The van der Waals surface area contributed by atoms with Crippen molar-refractivity contribution in [2.75, 3.05) is 6.54 Å². The minimum Gasteiger partial charge on any atom is -0.312 e. The van der Waals surface area contributed by atoms with Gasteiger partial charge in [-0.15, -0.1) is 11.3 Å². The zero-order valence-electron chi connectivity index (χ0n) is 10.7. The fourth-order valence-corrected chi connectivity index (χ4v) is 3.08. The number of benzene rings is 1. The molecule has 2 rings (SSSR count). The van der Waals surface area contributed by atoms with E-state index >= 15 is 0 Å². The Morgan fingerprint density at radius 3 is 2.50 bits per heavy atom. The van der Waals surface area contributed by atoms with Gasteiger partial charge in [0.05, 0.1) is 0 Å². The Morgan fingerprint density at radius 2 is 1.89 bits per heavy atom. The zero-order chi connectivity index (χ0) is 13.0. The lowest BCUT2D eigenvalue weighted by Gasteiger charge is -2.23. The molecule has 0 saturated heterocycles. The topological polar surface area (TPSA) is 12.0 Å². The van der Waals surface area contributed by atoms with Crippen molar-refractivity contribution < 1.29 is 0 Å². The first-order valence-electron chi connectivity index (χ1n) is 6.07. The first kappa shape index (κ1) is 14.0. The minimum atomic E-state index is 0.206. The number of hydrogen-bond acceptors (Lipinski definition) is 2. The van der Waals surface area contributed by atoms with Crippen molar-refractivity contribution in [1.29, 1.82) is 0 Å². The summed E-state index contributed by atoms with van der Waals surface area (Å²) in [6.07, 6.45) is 0. The van der Waals surface area contributed by atoms with Crippen molar-refractivity contribution >= 4 is 33.9 Å². The number of halogens is 1. The summed E-state index contributed by atoms with van der Waals surface area (Å²) in [5.41, 5.74) is 1.55. The number of nitrogens with one attached hydrogen (secondary N) is 1. The van der Waals surface area contributed by atoms with Crippen LogP contribution in [0, 0.1) is 3.57 Å². The highest BCUT2D eigenvalue weighted by Crippen LogP contribution is 2.26. The molecule has 1 aromatic carbocycles. The second-order valence-electron chi connectivity index (χ2n) is 5.09. The van der Waals surface area contributed by atoms with Gasteiger partial charge in [0, 0.05) is 27.0 Å². The first-order chi connectivity index (χ1) is 8.58. The molecule has 0 bridgehead atoms. The molecule has 1 heterocycles. The second kappa shape index (κ2) is 6.17. The van der Waals surface area contributed by atoms with E-state index in [9.17, 15) is 0 Å². The average molecular weight is 371 g/mol. The van der Waals surface area contributed by atoms with Crippen molar-refractivity contribution in [2.45, 2.75) is 25.8 Å². The third kappa shape index (κ3) is 3.80. The van der Waals surface area contributed by atoms with Crippen LogP contribution >= 0.6 is 33.9 Å². The Morgan fingerprint density at radius 1 is 1.17 bits per heavy atom. The van der Waals surface area contributed by atoms with Gasteiger partial charge >= 0.3 is 0 Å². The average Bonchev–Trinajstić information content (AvgIpc) is 2.86. The quantitative estimate of drug-likeness (QED) is 0.768. The molecule has 1 nitrogen and oxygen atoms in total. The SMILES string of the molecule is CC(C)(CNCc1ccc(I)cc1)c1cccs1. The van der Waals surface area contributed by atoms with Gasteiger partial charge < -0.3 is 5.32 Å². The fraction of sp³-hybridized carbons (Fsp3) is 0.333. The van der Waals surface area contributed by atoms with Crippen LogP contribution in [0.3, 0.4) is 0 Å². The predicted octanol–water partition coefficient (Wildman–Crippen LogP) is 4.42. The Hall–Kier alpha value is -0.390. The molecule has 0 radical (unpaired) electrons. The van der Waals surface area contributed by atoms with Crippen LogP contribution in [0.2, 0.25) is 0 Å². The number of hydrogen-bond donors (Lipinski definition) is 1. The molecule has 3 heteroatoms. The van der Waals surface area contributed by atoms with Crippen LogP contribution in [-0.2, 0) is 12.0 Å². The van der Waals surface area contributed by atoms with E-state index < -0.39 is 0 Å². The molecule has 0 saturated carbocycles. The lowest BCUT2D eigenvalue weighted by molar-refractivity contribution is 0.477. The van der Waals surface area contributed by atoms with Crippen molar-refractivity contribution in [3.63, 3.8) is 0 Å². The Labute approximate surface area is 127 Å². The van der Waals surface area contributed by atoms with Gasteiger partial charge in [0.2, 0.25) is 0 Å². The molecular weight excluding hydrogens is 353 g/mol. The van der Waals surface area contributed by atoms with Crippen LogP contribution in [0.25, 0.3) is 0 Å². The summed E-state index contributed by atoms with van der Waals surface area (Å²) in [7, 11) is 0. The van der Waals surface area contributed by atoms with Gasteiger partial charge in [-0.2, -0.15) is 0 Å². The first-order valence-corrected chi connectivity index (χ1v) is 8.03. The summed E-state index contributed by atoms with van der Waals surface area (Å²) in [6, 6.07) is 13.0. The third-order valence-electron chi connectivity index (χ3n) is 3.00. The molecule has 0 atom stereocenters. The standard InChI is InChI=1S/C15H18INS/c1-15(2,14-4-3-9-18-14)11-17-10-12-5-7-13(16)8-6-12/h3-9,17H,10-11H2,1-2H3. The maximum Gasteiger partial charge on any atom is 0.0205 e. The van der Waals surface area contributed by atoms with E-state index in [-0.39, 0.29) is 5.41 Å². The Balaban J connectivity index is 1.87. The van der Waals surface area contributed by atoms with E-state index in [1.807, 2.05) is 11.3 Å². The summed E-state index contributed by atoms with van der Waals surface area (Å²) in [5.74, 6) is 0. The van der Waals surface area contributed by atoms with Crippen molar-refractivity contribution in [1.82, 2.24) is 5.32 Å². The molecule has 0 aliphatic heterocycles. The predicted molar refractivity (Wildman–Crippen MR) is 88.2 cm³/mol. The molecular formula is C15H18INS. The number of thiophene rings is 1. The van der Waals surface area contributed by atoms with Crippen LogP contribution in [0.1, 0.15) is 24.3 Å². The summed E-state index contributed by atoms with van der Waals surface area (Å²) in [5, 5.41) is 5.70. The molecule has 2 aromatic rings. The largest absolute Gasteiger partial charge is 0.312 e. The van der Waals surface area contributed by atoms with Crippen molar-refractivity contribution in [2.24, 2.45) is 0 Å². The van der Waals surface area contributed by atoms with E-state index in [4.69, 9.17) is 0 Å². The molecule has 0 aliphatic rings. The molecule has 0 aliphatic carbocycles. The van der Waals surface area contributed by atoms with Crippen molar-refractivity contribution in [3.05, 3.63) is 55.8 Å². The highest BCUT2D eigenvalue weighted by molar-refractivity contribution is 14.1. The minimum absolute atomic E-state index is 0.206. The van der Waals surface area contributed by atoms with Gasteiger partial charge in [-0.1, -0.05) is 32.0 Å². The highest BCUT2D eigenvalue weighted by Gasteiger charge is 2.20. The fourth-order valence-electron chi connectivity index (χ4n) is 1.87. The molecule has 0 amide bonds. The highest BCUT2D eigenvalue weighted by atomic mass is 127. The Kier molecular flexibility index (Phi) is 4.81. The number of rotatable bonds is 5. The summed E-state index contributed by atoms with van der Waals surface area (Å²) in [4.78, 5) is 1.44. The molecule has 1 aromatic heterocycles. The van der Waals surface area contributed by atoms with Gasteiger partial charge in [-0.05, 0) is 51.7 Å². The van der Waals surface area contributed by atoms with Gasteiger partial charge in [0.1, 0.15) is 0 Å². The van der Waals surface area contributed by atoms with Crippen LogP contribution < -0.4 is 5.32 Å². The van der Waals surface area contributed by atoms with Gasteiger partial charge in [-0.25, -0.2) is 0 Å². The smallest absolute Gasteiger partial charge is 0.0205 e. The maximum atomic E-state index is 3.55. The molecule has 1 N–H and O–H groups in total. The van der Waals surface area contributed by atoms with Crippen LogP contribution in [0.15, 0.2) is 41.8 Å². The van der Waals surface area contributed by atoms with E-state index in [1.54, 1.807) is 0 Å². The van der Waals surface area contributed by atoms with Crippen LogP contribution in [-0.4, -0.2) is 6.54 Å². The van der Waals surface area contributed by atoms with Gasteiger partial charge in [-0.3, -0.25) is 0 Å². The lowest BCUT2D eigenvalue weighted by Crippen LogP contribution is -2.31. The molecule has 0 unspecified atom stereocenters. The maximum absolute atomic E-state index is 3.55. The normalized spacial score (nSPS) is 11.7. The lowest BCUT2D eigenvalue weighted by atomic mass is 9.91. The van der Waals surface area contributed by atoms with Crippen LogP contribution in [0.5, 0.6) is 0 Å². The van der Waals surface area contributed by atoms with E-state index in [0.717, 1.165) is 13.1 Å². The molecule has 96 valence electrons. The van der Waals surface area contributed by atoms with E-state index in [2.05, 4.69) is 83.5 Å². The van der Waals surface area contributed by atoms with E-state index in [0.29, 0.717) is 0 Å². The summed E-state index contributed by atoms with van der Waals surface area (Å²) in [6.45, 7) is 6.52. The van der Waals surface area contributed by atoms with E-state index in [1.165, 1.54) is 14.0 Å². The summed E-state index contributed by atoms with van der Waals surface area (Å²) >= 11 is 4.17. The summed E-state index contributed by atoms with van der Waals surface area (Å²) < 4.78 is 1.29. The molecule has 18 heavy (non-hydrogen) atoms. The second-order valence-corrected chi connectivity index (χ2v) is 7.28. The zero-order valence-corrected chi connectivity index (χ0v) is 13.7. The van der Waals surface area contributed by atoms with Gasteiger partial charge in [0.15, 0.2) is 0 Å². The molecule has 0 spiro atoms. The van der Waals surface area contributed by atoms with Gasteiger partial charge in [0.25, 0.3) is 0 Å². The van der Waals surface area contributed by atoms with Crippen LogP contribution in [0.4, 0.5) is 0 Å². The van der Waals surface area contributed by atoms with Crippen molar-refractivity contribution in [3.8, 4) is 0 Å². The monoisotopic (exact) mass is 371 g/mol. The third-order valence-corrected chi connectivity index (χ3v) is 4.95. The Bertz CT molecular complexity index is 474. The molecule has 0 fully saturated rings.